The van der Waals surface area contributed by atoms with Gasteiger partial charge in [0.1, 0.15) is 0 Å². The van der Waals surface area contributed by atoms with Gasteiger partial charge in [0.15, 0.2) is 0 Å². The van der Waals surface area contributed by atoms with Gasteiger partial charge < -0.3 is 5.73 Å². The van der Waals surface area contributed by atoms with Gasteiger partial charge in [0.25, 0.3) is 0 Å². The molecule has 2 heterocycles. The van der Waals surface area contributed by atoms with Crippen LogP contribution < -0.4 is 5.73 Å². The topological polar surface area (TPSA) is 38.9 Å². The van der Waals surface area contributed by atoms with Crippen molar-refractivity contribution in [1.29, 1.82) is 0 Å². The second-order valence-electron chi connectivity index (χ2n) is 5.11. The third-order valence-corrected chi connectivity index (χ3v) is 5.00. The first-order valence-corrected chi connectivity index (χ1v) is 7.71. The summed E-state index contributed by atoms with van der Waals surface area (Å²) in [5.74, 6) is 0. The number of rotatable bonds is 2. The molecule has 0 spiro atoms. The Bertz CT molecular complexity index is 888. The third kappa shape index (κ3) is 2.11. The summed E-state index contributed by atoms with van der Waals surface area (Å²) in [6.45, 7) is 0. The zero-order valence-corrected chi connectivity index (χ0v) is 12.2. The van der Waals surface area contributed by atoms with Gasteiger partial charge in [-0.1, -0.05) is 36.4 Å². The fraction of sp³-hybridized carbons (Fsp3) is 0.0556. The van der Waals surface area contributed by atoms with Crippen LogP contribution in [0.3, 0.4) is 0 Å². The first kappa shape index (κ1) is 12.5. The van der Waals surface area contributed by atoms with Crippen molar-refractivity contribution >= 4 is 32.2 Å². The van der Waals surface area contributed by atoms with E-state index in [0.29, 0.717) is 0 Å². The molecule has 0 aliphatic rings. The van der Waals surface area contributed by atoms with Crippen LogP contribution in [-0.4, -0.2) is 4.98 Å². The van der Waals surface area contributed by atoms with Crippen LogP contribution in [0.1, 0.15) is 16.5 Å². The molecule has 4 aromatic rings. The minimum atomic E-state index is -0.115. The van der Waals surface area contributed by atoms with E-state index >= 15 is 0 Å². The van der Waals surface area contributed by atoms with E-state index in [0.717, 1.165) is 10.9 Å². The number of pyridine rings is 1. The third-order valence-electron chi connectivity index (χ3n) is 3.80. The quantitative estimate of drug-likeness (QED) is 0.590. The van der Waals surface area contributed by atoms with Crippen LogP contribution in [0.4, 0.5) is 0 Å². The van der Waals surface area contributed by atoms with Crippen molar-refractivity contribution in [2.24, 2.45) is 5.73 Å². The molecular weight excluding hydrogens is 276 g/mol. The molecule has 0 bridgehead atoms. The molecule has 0 aliphatic carbocycles. The van der Waals surface area contributed by atoms with Crippen LogP contribution >= 0.6 is 11.3 Å². The monoisotopic (exact) mass is 290 g/mol. The smallest absolute Gasteiger partial charge is 0.0653 e. The molecule has 0 aliphatic heterocycles. The summed E-state index contributed by atoms with van der Waals surface area (Å²) in [7, 11) is 0. The first-order chi connectivity index (χ1) is 10.3. The predicted molar refractivity (Wildman–Crippen MR) is 89.6 cm³/mol. The summed E-state index contributed by atoms with van der Waals surface area (Å²) in [5.41, 5.74) is 7.66. The zero-order valence-electron chi connectivity index (χ0n) is 11.4. The molecule has 1 unspecified atom stereocenters. The molecule has 21 heavy (non-hydrogen) atoms. The van der Waals surface area contributed by atoms with Gasteiger partial charge in [0, 0.05) is 27.4 Å². The lowest BCUT2D eigenvalue weighted by molar-refractivity contribution is 0.903. The summed E-state index contributed by atoms with van der Waals surface area (Å²) < 4.78 is 1.28. The fourth-order valence-corrected chi connectivity index (χ4v) is 3.80. The maximum atomic E-state index is 6.53. The molecule has 2 aromatic heterocycles. The highest BCUT2D eigenvalue weighted by Crippen LogP contribution is 2.34. The van der Waals surface area contributed by atoms with Gasteiger partial charge in [-0.2, -0.15) is 0 Å². The van der Waals surface area contributed by atoms with Crippen molar-refractivity contribution in [1.82, 2.24) is 4.98 Å². The van der Waals surface area contributed by atoms with E-state index in [1.165, 1.54) is 20.3 Å². The van der Waals surface area contributed by atoms with E-state index in [2.05, 4.69) is 53.5 Å². The normalized spacial score (nSPS) is 12.8. The summed E-state index contributed by atoms with van der Waals surface area (Å²) in [6.07, 6.45) is 3.72. The number of nitrogens with two attached hydrogens (primary N) is 1. The Balaban J connectivity index is 1.87. The second kappa shape index (κ2) is 4.95. The van der Waals surface area contributed by atoms with Crippen LogP contribution in [0.15, 0.2) is 67.0 Å². The number of hydrogen-bond acceptors (Lipinski definition) is 3. The van der Waals surface area contributed by atoms with Crippen molar-refractivity contribution in [3.63, 3.8) is 0 Å². The molecule has 0 fully saturated rings. The minimum Gasteiger partial charge on any atom is -0.320 e. The molecule has 2 nitrogen and oxygen atoms in total. The van der Waals surface area contributed by atoms with E-state index in [-0.39, 0.29) is 6.04 Å². The van der Waals surface area contributed by atoms with Gasteiger partial charge >= 0.3 is 0 Å². The lowest BCUT2D eigenvalue weighted by atomic mass is 9.99. The van der Waals surface area contributed by atoms with Gasteiger partial charge in [-0.05, 0) is 34.5 Å². The average molecular weight is 290 g/mol. The number of aromatic nitrogens is 1. The van der Waals surface area contributed by atoms with Crippen molar-refractivity contribution in [2.45, 2.75) is 6.04 Å². The maximum absolute atomic E-state index is 6.53. The Kier molecular flexibility index (Phi) is 2.95. The van der Waals surface area contributed by atoms with Gasteiger partial charge in [-0.15, -0.1) is 11.3 Å². The van der Waals surface area contributed by atoms with Crippen molar-refractivity contribution in [3.8, 4) is 0 Å². The van der Waals surface area contributed by atoms with E-state index in [1.807, 2.05) is 18.5 Å². The van der Waals surface area contributed by atoms with Crippen molar-refractivity contribution in [3.05, 3.63) is 77.4 Å². The molecular formula is C18H14N2S. The highest BCUT2D eigenvalue weighted by molar-refractivity contribution is 7.19. The standard InChI is InChI=1S/C18H14N2S/c19-18(17-10-13-4-1-2-7-16(13)21-17)14-6-3-5-12-8-9-20-11-15(12)14/h1-11,18H,19H2. The highest BCUT2D eigenvalue weighted by Gasteiger charge is 2.14. The minimum absolute atomic E-state index is 0.115. The molecule has 0 saturated heterocycles. The average Bonchev–Trinajstić information content (AvgIpc) is 2.97. The predicted octanol–water partition coefficient (Wildman–Crippen LogP) is 4.50. The number of fused-ring (bicyclic) bond motifs is 2. The van der Waals surface area contributed by atoms with Gasteiger partial charge in [-0.3, -0.25) is 4.98 Å². The lowest BCUT2D eigenvalue weighted by Crippen LogP contribution is -2.10. The van der Waals surface area contributed by atoms with E-state index in [4.69, 9.17) is 5.73 Å². The zero-order chi connectivity index (χ0) is 14.2. The fourth-order valence-electron chi connectivity index (χ4n) is 2.72. The van der Waals surface area contributed by atoms with Gasteiger partial charge in [0.05, 0.1) is 6.04 Å². The number of nitrogens with zero attached hydrogens (tertiary/aromatic N) is 1. The summed E-state index contributed by atoms with van der Waals surface area (Å²) in [4.78, 5) is 5.43. The highest BCUT2D eigenvalue weighted by atomic mass is 32.1. The Hall–Kier alpha value is -2.23. The molecule has 0 radical (unpaired) electrons. The first-order valence-electron chi connectivity index (χ1n) is 6.89. The Labute approximate surface area is 126 Å². The van der Waals surface area contributed by atoms with Crippen LogP contribution in [0, 0.1) is 0 Å². The van der Waals surface area contributed by atoms with E-state index in [9.17, 15) is 0 Å². The Morgan fingerprint density at radius 2 is 1.81 bits per heavy atom. The van der Waals surface area contributed by atoms with Crippen LogP contribution in [0.2, 0.25) is 0 Å². The van der Waals surface area contributed by atoms with Crippen LogP contribution in [0.5, 0.6) is 0 Å². The summed E-state index contributed by atoms with van der Waals surface area (Å²) in [6, 6.07) is 18.8. The molecule has 102 valence electrons. The lowest BCUT2D eigenvalue weighted by Gasteiger charge is -2.12. The van der Waals surface area contributed by atoms with Crippen LogP contribution in [0.25, 0.3) is 20.9 Å². The van der Waals surface area contributed by atoms with E-state index in [1.54, 1.807) is 11.3 Å². The molecule has 2 N–H and O–H groups in total. The molecule has 1 atom stereocenters. The van der Waals surface area contributed by atoms with E-state index < -0.39 is 0 Å². The van der Waals surface area contributed by atoms with Crippen molar-refractivity contribution < 1.29 is 0 Å². The second-order valence-corrected chi connectivity index (χ2v) is 6.22. The number of hydrogen-bond donors (Lipinski definition) is 1. The Morgan fingerprint density at radius 1 is 0.952 bits per heavy atom. The van der Waals surface area contributed by atoms with Gasteiger partial charge in [-0.25, -0.2) is 0 Å². The SMILES string of the molecule is NC(c1cc2ccccc2s1)c1cccc2ccncc12. The maximum Gasteiger partial charge on any atom is 0.0653 e. The van der Waals surface area contributed by atoms with Crippen molar-refractivity contribution in [2.75, 3.05) is 0 Å². The molecule has 4 rings (SSSR count). The molecule has 0 saturated carbocycles. The molecule has 2 aromatic carbocycles. The summed E-state index contributed by atoms with van der Waals surface area (Å²) in [5, 5.41) is 3.57. The molecule has 3 heteroatoms. The van der Waals surface area contributed by atoms with Gasteiger partial charge in [0.2, 0.25) is 0 Å². The molecule has 0 amide bonds. The Morgan fingerprint density at radius 3 is 2.71 bits per heavy atom. The summed E-state index contributed by atoms with van der Waals surface area (Å²) >= 11 is 1.76. The van der Waals surface area contributed by atoms with Crippen LogP contribution in [-0.2, 0) is 0 Å². The number of benzene rings is 2. The largest absolute Gasteiger partial charge is 0.320 e. The number of thiophene rings is 1.